The van der Waals surface area contributed by atoms with Crippen LogP contribution < -0.4 is 4.90 Å². The van der Waals surface area contributed by atoms with Gasteiger partial charge in [0.1, 0.15) is 6.67 Å². The van der Waals surface area contributed by atoms with Gasteiger partial charge in [-0.25, -0.2) is 4.79 Å². The molecule has 3 rings (SSSR count). The average Bonchev–Trinajstić information content (AvgIpc) is 3.16. The summed E-state index contributed by atoms with van der Waals surface area (Å²) in [6.07, 6.45) is -3.46. The van der Waals surface area contributed by atoms with Crippen molar-refractivity contribution in [2.75, 3.05) is 24.7 Å². The summed E-state index contributed by atoms with van der Waals surface area (Å²) in [7, 11) is 0. The monoisotopic (exact) mass is 434 g/mol. The SMILES string of the molecule is CCOC(=O)c1ccc(N(CN2CCCC2=O)C(=O)c2ccc(C(F)(F)F)cc2)cc1. The number of benzene rings is 2. The van der Waals surface area contributed by atoms with E-state index in [1.165, 1.54) is 34.1 Å². The maximum atomic E-state index is 13.1. The van der Waals surface area contributed by atoms with Crippen molar-refractivity contribution in [2.24, 2.45) is 0 Å². The third kappa shape index (κ3) is 5.22. The zero-order chi connectivity index (χ0) is 22.6. The maximum Gasteiger partial charge on any atom is 0.416 e. The Labute approximate surface area is 177 Å². The van der Waals surface area contributed by atoms with Crippen LogP contribution in [0.3, 0.4) is 0 Å². The highest BCUT2D eigenvalue weighted by atomic mass is 19.4. The Kier molecular flexibility index (Phi) is 6.62. The van der Waals surface area contributed by atoms with Crippen LogP contribution in [0.4, 0.5) is 18.9 Å². The van der Waals surface area contributed by atoms with Crippen LogP contribution in [0.25, 0.3) is 0 Å². The molecule has 164 valence electrons. The number of likely N-dealkylation sites (tertiary alicyclic amines) is 1. The molecule has 0 atom stereocenters. The van der Waals surface area contributed by atoms with Gasteiger partial charge in [0, 0.05) is 24.2 Å². The number of rotatable bonds is 6. The smallest absolute Gasteiger partial charge is 0.416 e. The van der Waals surface area contributed by atoms with Crippen molar-refractivity contribution in [1.29, 1.82) is 0 Å². The van der Waals surface area contributed by atoms with Gasteiger partial charge in [-0.3, -0.25) is 14.5 Å². The molecule has 0 N–H and O–H groups in total. The first-order chi connectivity index (χ1) is 14.7. The van der Waals surface area contributed by atoms with Crippen molar-refractivity contribution < 1.29 is 32.3 Å². The Morgan fingerprint density at radius 3 is 2.16 bits per heavy atom. The van der Waals surface area contributed by atoms with E-state index in [0.717, 1.165) is 24.3 Å². The molecule has 1 fully saturated rings. The lowest BCUT2D eigenvalue weighted by molar-refractivity contribution is -0.137. The molecule has 1 saturated heterocycles. The molecule has 0 aliphatic carbocycles. The fraction of sp³-hybridized carbons (Fsp3) is 0.318. The second kappa shape index (κ2) is 9.20. The van der Waals surface area contributed by atoms with Crippen LogP contribution in [0.5, 0.6) is 0 Å². The molecule has 0 bridgehead atoms. The zero-order valence-corrected chi connectivity index (χ0v) is 16.8. The van der Waals surface area contributed by atoms with Gasteiger partial charge in [-0.2, -0.15) is 13.2 Å². The predicted octanol–water partition coefficient (Wildman–Crippen LogP) is 4.11. The standard InChI is InChI=1S/C22H21F3N2O4/c1-2-31-21(30)16-7-11-18(12-8-16)27(14-26-13-3-4-19(26)28)20(29)15-5-9-17(10-6-15)22(23,24)25/h5-12H,2-4,13-14H2,1H3. The summed E-state index contributed by atoms with van der Waals surface area (Å²) < 4.78 is 43.5. The lowest BCUT2D eigenvalue weighted by Gasteiger charge is -2.28. The summed E-state index contributed by atoms with van der Waals surface area (Å²) in [6, 6.07) is 9.96. The number of hydrogen-bond acceptors (Lipinski definition) is 4. The normalized spacial score (nSPS) is 13.9. The van der Waals surface area contributed by atoms with Gasteiger partial charge in [0.05, 0.1) is 17.7 Å². The summed E-state index contributed by atoms with van der Waals surface area (Å²) in [4.78, 5) is 39.9. The molecule has 1 aliphatic heterocycles. The Morgan fingerprint density at radius 1 is 1.03 bits per heavy atom. The molecule has 0 unspecified atom stereocenters. The first-order valence-corrected chi connectivity index (χ1v) is 9.75. The van der Waals surface area contributed by atoms with Crippen LogP contribution in [0, 0.1) is 0 Å². The first kappa shape index (κ1) is 22.3. The molecule has 6 nitrogen and oxygen atoms in total. The number of carbonyl (C=O) groups is 3. The number of carbonyl (C=O) groups excluding carboxylic acids is 3. The fourth-order valence-electron chi connectivity index (χ4n) is 3.24. The van der Waals surface area contributed by atoms with Gasteiger partial charge in [0.15, 0.2) is 0 Å². The van der Waals surface area contributed by atoms with Gasteiger partial charge in [0.2, 0.25) is 5.91 Å². The van der Waals surface area contributed by atoms with Gasteiger partial charge in [-0.15, -0.1) is 0 Å². The summed E-state index contributed by atoms with van der Waals surface area (Å²) in [5.41, 5.74) is -0.111. The summed E-state index contributed by atoms with van der Waals surface area (Å²) in [5.74, 6) is -1.17. The van der Waals surface area contributed by atoms with Crippen molar-refractivity contribution in [3.63, 3.8) is 0 Å². The zero-order valence-electron chi connectivity index (χ0n) is 16.8. The molecule has 1 heterocycles. The van der Waals surface area contributed by atoms with E-state index >= 15 is 0 Å². The Morgan fingerprint density at radius 2 is 1.65 bits per heavy atom. The average molecular weight is 434 g/mol. The molecule has 0 aromatic heterocycles. The highest BCUT2D eigenvalue weighted by Gasteiger charge is 2.31. The Bertz CT molecular complexity index is 956. The van der Waals surface area contributed by atoms with Crippen LogP contribution in [0.2, 0.25) is 0 Å². The van der Waals surface area contributed by atoms with E-state index in [4.69, 9.17) is 4.74 Å². The van der Waals surface area contributed by atoms with Crippen LogP contribution in [-0.2, 0) is 15.7 Å². The van der Waals surface area contributed by atoms with Crippen LogP contribution >= 0.6 is 0 Å². The van der Waals surface area contributed by atoms with Crippen LogP contribution in [0.1, 0.15) is 46.0 Å². The van der Waals surface area contributed by atoms with E-state index in [1.807, 2.05) is 0 Å². The van der Waals surface area contributed by atoms with E-state index in [9.17, 15) is 27.6 Å². The molecule has 0 radical (unpaired) electrons. The predicted molar refractivity (Wildman–Crippen MR) is 106 cm³/mol. The van der Waals surface area contributed by atoms with Crippen molar-refractivity contribution in [1.82, 2.24) is 4.90 Å². The van der Waals surface area contributed by atoms with Crippen molar-refractivity contribution in [2.45, 2.75) is 25.9 Å². The topological polar surface area (TPSA) is 66.9 Å². The van der Waals surface area contributed by atoms with Gasteiger partial charge in [0.25, 0.3) is 5.91 Å². The maximum absolute atomic E-state index is 13.1. The third-order valence-corrected chi connectivity index (χ3v) is 4.88. The van der Waals surface area contributed by atoms with Crippen molar-refractivity contribution in [3.8, 4) is 0 Å². The molecular formula is C22H21F3N2O4. The third-order valence-electron chi connectivity index (χ3n) is 4.88. The van der Waals surface area contributed by atoms with E-state index < -0.39 is 23.6 Å². The van der Waals surface area contributed by atoms with Gasteiger partial charge < -0.3 is 9.64 Å². The molecule has 2 aromatic carbocycles. The number of amides is 2. The van der Waals surface area contributed by atoms with E-state index in [1.54, 1.807) is 6.92 Å². The number of nitrogens with zero attached hydrogens (tertiary/aromatic N) is 2. The minimum Gasteiger partial charge on any atom is -0.462 e. The Hall–Kier alpha value is -3.36. The number of halogens is 3. The lowest BCUT2D eigenvalue weighted by atomic mass is 10.1. The van der Waals surface area contributed by atoms with Crippen molar-refractivity contribution in [3.05, 3.63) is 65.2 Å². The number of anilines is 1. The highest BCUT2D eigenvalue weighted by Crippen LogP contribution is 2.29. The summed E-state index contributed by atoms with van der Waals surface area (Å²) in [6.45, 7) is 2.34. The van der Waals surface area contributed by atoms with E-state index in [-0.39, 0.29) is 24.7 Å². The number of hydrogen-bond donors (Lipinski definition) is 0. The van der Waals surface area contributed by atoms with Gasteiger partial charge >= 0.3 is 12.1 Å². The molecule has 0 spiro atoms. The number of alkyl halides is 3. The molecule has 0 saturated carbocycles. The minimum absolute atomic E-state index is 0.0442. The van der Waals surface area contributed by atoms with Crippen LogP contribution in [-0.4, -0.2) is 42.5 Å². The number of ether oxygens (including phenoxy) is 1. The summed E-state index contributed by atoms with van der Waals surface area (Å²) in [5, 5.41) is 0. The largest absolute Gasteiger partial charge is 0.462 e. The highest BCUT2D eigenvalue weighted by molar-refractivity contribution is 6.06. The lowest BCUT2D eigenvalue weighted by Crippen LogP contribution is -2.42. The molecular weight excluding hydrogens is 413 g/mol. The number of esters is 1. The second-order valence-electron chi connectivity index (χ2n) is 6.98. The molecule has 2 aromatic rings. The van der Waals surface area contributed by atoms with Crippen molar-refractivity contribution >= 4 is 23.5 Å². The molecule has 1 aliphatic rings. The first-order valence-electron chi connectivity index (χ1n) is 9.75. The molecule has 2 amide bonds. The molecule has 9 heteroatoms. The van der Waals surface area contributed by atoms with E-state index in [0.29, 0.717) is 30.6 Å². The minimum atomic E-state index is -4.51. The quantitative estimate of drug-likeness (QED) is 0.642. The van der Waals surface area contributed by atoms with E-state index in [2.05, 4.69) is 0 Å². The Balaban J connectivity index is 1.89. The molecule has 31 heavy (non-hydrogen) atoms. The summed E-state index contributed by atoms with van der Waals surface area (Å²) >= 11 is 0. The van der Waals surface area contributed by atoms with Gasteiger partial charge in [-0.05, 0) is 61.9 Å². The fourth-order valence-corrected chi connectivity index (χ4v) is 3.24. The van der Waals surface area contributed by atoms with Crippen LogP contribution in [0.15, 0.2) is 48.5 Å². The van der Waals surface area contributed by atoms with Gasteiger partial charge in [-0.1, -0.05) is 0 Å². The second-order valence-corrected chi connectivity index (χ2v) is 6.98.